The molecule has 1 heterocycles. The van der Waals surface area contributed by atoms with Crippen molar-refractivity contribution in [3.8, 4) is 0 Å². The second-order valence-corrected chi connectivity index (χ2v) is 5.77. The number of ether oxygens (including phenoxy) is 1. The zero-order chi connectivity index (χ0) is 14.0. The van der Waals surface area contributed by atoms with Gasteiger partial charge >= 0.3 is 5.97 Å². The number of hydrogen-bond donors (Lipinski definition) is 2. The molecule has 0 spiro atoms. The van der Waals surface area contributed by atoms with Gasteiger partial charge in [-0.2, -0.15) is 0 Å². The van der Waals surface area contributed by atoms with Gasteiger partial charge in [-0.05, 0) is 39.0 Å². The van der Waals surface area contributed by atoms with E-state index >= 15 is 0 Å². The average molecular weight is 279 g/mol. The number of thiazole rings is 1. The van der Waals surface area contributed by atoms with Crippen molar-refractivity contribution >= 4 is 38.3 Å². The lowest BCUT2D eigenvalue weighted by atomic mass is 10.1. The standard InChI is InChI=1S/C13H17N3O2S/c1-4-18-11(17)13(2,3)16-8-5-6-10-9(7-8)15-12(14)19-10/h5-7,16H,4H2,1-3H3,(H2,14,15). The van der Waals surface area contributed by atoms with Crippen LogP contribution in [0.2, 0.25) is 0 Å². The molecule has 0 amide bonds. The predicted octanol–water partition coefficient (Wildman–Crippen LogP) is 2.63. The molecule has 6 heteroatoms. The maximum atomic E-state index is 11.8. The first-order valence-corrected chi connectivity index (χ1v) is 6.85. The van der Waals surface area contributed by atoms with Crippen LogP contribution in [0.5, 0.6) is 0 Å². The molecule has 1 aromatic heterocycles. The van der Waals surface area contributed by atoms with Gasteiger partial charge in [-0.15, -0.1) is 0 Å². The maximum absolute atomic E-state index is 11.8. The van der Waals surface area contributed by atoms with Crippen LogP contribution in [0.1, 0.15) is 20.8 Å². The first-order chi connectivity index (χ1) is 8.92. The number of rotatable bonds is 4. The van der Waals surface area contributed by atoms with Crippen molar-refractivity contribution in [2.24, 2.45) is 0 Å². The maximum Gasteiger partial charge on any atom is 0.331 e. The lowest BCUT2D eigenvalue weighted by Gasteiger charge is -2.25. The molecule has 0 atom stereocenters. The van der Waals surface area contributed by atoms with Gasteiger partial charge in [0.25, 0.3) is 0 Å². The van der Waals surface area contributed by atoms with Crippen LogP contribution in [0.15, 0.2) is 18.2 Å². The minimum absolute atomic E-state index is 0.284. The highest BCUT2D eigenvalue weighted by molar-refractivity contribution is 7.22. The fourth-order valence-corrected chi connectivity index (χ4v) is 2.46. The average Bonchev–Trinajstić information content (AvgIpc) is 2.68. The number of fused-ring (bicyclic) bond motifs is 1. The molecule has 0 saturated heterocycles. The summed E-state index contributed by atoms with van der Waals surface area (Å²) in [5, 5.41) is 3.69. The van der Waals surface area contributed by atoms with Crippen LogP contribution in [0.25, 0.3) is 10.2 Å². The number of benzene rings is 1. The molecule has 0 aliphatic carbocycles. The molecule has 19 heavy (non-hydrogen) atoms. The van der Waals surface area contributed by atoms with Gasteiger partial charge in [0.1, 0.15) is 5.54 Å². The van der Waals surface area contributed by atoms with E-state index in [9.17, 15) is 4.79 Å². The number of carbonyl (C=O) groups excluding carboxylic acids is 1. The molecule has 0 radical (unpaired) electrons. The summed E-state index contributed by atoms with van der Waals surface area (Å²) in [6.07, 6.45) is 0. The Balaban J connectivity index is 2.22. The van der Waals surface area contributed by atoms with Crippen LogP contribution in [0, 0.1) is 0 Å². The van der Waals surface area contributed by atoms with E-state index in [-0.39, 0.29) is 5.97 Å². The molecular weight excluding hydrogens is 262 g/mol. The summed E-state index contributed by atoms with van der Waals surface area (Å²) in [5.74, 6) is -0.284. The molecule has 2 rings (SSSR count). The Morgan fingerprint density at radius 1 is 1.53 bits per heavy atom. The Morgan fingerprint density at radius 2 is 2.26 bits per heavy atom. The van der Waals surface area contributed by atoms with E-state index in [4.69, 9.17) is 10.5 Å². The lowest BCUT2D eigenvalue weighted by molar-refractivity contribution is -0.147. The molecule has 3 N–H and O–H groups in total. The normalized spacial score (nSPS) is 11.5. The van der Waals surface area contributed by atoms with Crippen molar-refractivity contribution in [3.05, 3.63) is 18.2 Å². The summed E-state index contributed by atoms with van der Waals surface area (Å²) in [7, 11) is 0. The molecule has 5 nitrogen and oxygen atoms in total. The molecule has 102 valence electrons. The summed E-state index contributed by atoms with van der Waals surface area (Å²) in [4.78, 5) is 16.0. The van der Waals surface area contributed by atoms with E-state index in [0.29, 0.717) is 11.7 Å². The number of nitrogen functional groups attached to an aromatic ring is 1. The van der Waals surface area contributed by atoms with Crippen molar-refractivity contribution in [2.75, 3.05) is 17.7 Å². The fraction of sp³-hybridized carbons (Fsp3) is 0.385. The third-order valence-electron chi connectivity index (χ3n) is 2.65. The van der Waals surface area contributed by atoms with Gasteiger partial charge in [0.2, 0.25) is 0 Å². The molecule has 0 fully saturated rings. The second-order valence-electron chi connectivity index (χ2n) is 4.71. The first-order valence-electron chi connectivity index (χ1n) is 6.04. The van der Waals surface area contributed by atoms with Crippen LogP contribution in [-0.2, 0) is 9.53 Å². The van der Waals surface area contributed by atoms with Crippen molar-refractivity contribution in [2.45, 2.75) is 26.3 Å². The van der Waals surface area contributed by atoms with E-state index in [1.54, 1.807) is 20.8 Å². The number of carbonyl (C=O) groups is 1. The van der Waals surface area contributed by atoms with Gasteiger partial charge in [-0.3, -0.25) is 0 Å². The van der Waals surface area contributed by atoms with E-state index in [1.165, 1.54) is 11.3 Å². The molecule has 0 aliphatic rings. The van der Waals surface area contributed by atoms with Gasteiger partial charge < -0.3 is 15.8 Å². The molecule has 0 bridgehead atoms. The third kappa shape index (κ3) is 2.96. The van der Waals surface area contributed by atoms with E-state index in [0.717, 1.165) is 15.9 Å². The van der Waals surface area contributed by atoms with Crippen molar-refractivity contribution in [1.82, 2.24) is 4.98 Å². The lowest BCUT2D eigenvalue weighted by Crippen LogP contribution is -2.41. The summed E-state index contributed by atoms with van der Waals surface area (Å²) in [6.45, 7) is 5.72. The third-order valence-corrected chi connectivity index (χ3v) is 3.51. The quantitative estimate of drug-likeness (QED) is 0.841. The number of nitrogens with zero attached hydrogens (tertiary/aromatic N) is 1. The number of nitrogens with one attached hydrogen (secondary N) is 1. The van der Waals surface area contributed by atoms with Gasteiger partial charge in [0.15, 0.2) is 5.13 Å². The highest BCUT2D eigenvalue weighted by atomic mass is 32.1. The Morgan fingerprint density at radius 3 is 2.95 bits per heavy atom. The summed E-state index contributed by atoms with van der Waals surface area (Å²) in [6, 6.07) is 5.72. The van der Waals surface area contributed by atoms with Gasteiger partial charge in [-0.25, -0.2) is 9.78 Å². The Kier molecular flexibility index (Phi) is 3.61. The molecule has 0 aliphatic heterocycles. The number of esters is 1. The second kappa shape index (κ2) is 5.05. The van der Waals surface area contributed by atoms with Crippen LogP contribution in [-0.4, -0.2) is 23.1 Å². The molecule has 1 aromatic carbocycles. The fourth-order valence-electron chi connectivity index (χ4n) is 1.75. The topological polar surface area (TPSA) is 77.2 Å². The summed E-state index contributed by atoms with van der Waals surface area (Å²) < 4.78 is 6.06. The van der Waals surface area contributed by atoms with Crippen LogP contribution < -0.4 is 11.1 Å². The number of nitrogens with two attached hydrogens (primary N) is 1. The Hall–Kier alpha value is -1.82. The summed E-state index contributed by atoms with van der Waals surface area (Å²) in [5.41, 5.74) is 6.52. The SMILES string of the molecule is CCOC(=O)C(C)(C)Nc1ccc2sc(N)nc2c1. The van der Waals surface area contributed by atoms with Crippen molar-refractivity contribution in [1.29, 1.82) is 0 Å². The van der Waals surface area contributed by atoms with Crippen LogP contribution in [0.3, 0.4) is 0 Å². The van der Waals surface area contributed by atoms with E-state index in [1.807, 2.05) is 18.2 Å². The monoisotopic (exact) mass is 279 g/mol. The van der Waals surface area contributed by atoms with Gasteiger partial charge in [0, 0.05) is 5.69 Å². The van der Waals surface area contributed by atoms with Crippen molar-refractivity contribution in [3.63, 3.8) is 0 Å². The first kappa shape index (κ1) is 13.6. The Bertz CT molecular complexity index is 607. The minimum atomic E-state index is -0.786. The number of anilines is 2. The van der Waals surface area contributed by atoms with Gasteiger partial charge in [0.05, 0.1) is 16.8 Å². The highest BCUT2D eigenvalue weighted by Crippen LogP contribution is 2.27. The molecular formula is C13H17N3O2S. The molecule has 2 aromatic rings. The molecule has 0 saturated carbocycles. The predicted molar refractivity (Wildman–Crippen MR) is 78.4 cm³/mol. The Labute approximate surface area is 115 Å². The summed E-state index contributed by atoms with van der Waals surface area (Å²) >= 11 is 1.44. The zero-order valence-electron chi connectivity index (χ0n) is 11.2. The number of aromatic nitrogens is 1. The number of hydrogen-bond acceptors (Lipinski definition) is 6. The minimum Gasteiger partial charge on any atom is -0.464 e. The van der Waals surface area contributed by atoms with Crippen LogP contribution >= 0.6 is 11.3 Å². The zero-order valence-corrected chi connectivity index (χ0v) is 12.0. The highest BCUT2D eigenvalue weighted by Gasteiger charge is 2.28. The largest absolute Gasteiger partial charge is 0.464 e. The molecule has 0 unspecified atom stereocenters. The van der Waals surface area contributed by atoms with Crippen molar-refractivity contribution < 1.29 is 9.53 Å². The smallest absolute Gasteiger partial charge is 0.331 e. The van der Waals surface area contributed by atoms with E-state index in [2.05, 4.69) is 10.3 Å². The van der Waals surface area contributed by atoms with Crippen LogP contribution in [0.4, 0.5) is 10.8 Å². The van der Waals surface area contributed by atoms with E-state index < -0.39 is 5.54 Å². The van der Waals surface area contributed by atoms with Gasteiger partial charge in [-0.1, -0.05) is 11.3 Å².